The van der Waals surface area contributed by atoms with Crippen LogP contribution in [0.2, 0.25) is 0 Å². The van der Waals surface area contributed by atoms with Gasteiger partial charge in [0.1, 0.15) is 29.5 Å². The molecule has 0 aromatic heterocycles. The van der Waals surface area contributed by atoms with Crippen molar-refractivity contribution in [3.05, 3.63) is 66.7 Å². The van der Waals surface area contributed by atoms with Crippen molar-refractivity contribution in [2.45, 2.75) is 85.5 Å². The molecule has 0 aliphatic heterocycles. The van der Waals surface area contributed by atoms with E-state index in [1.165, 1.54) is 44.9 Å². The Kier molecular flexibility index (Phi) is 15.9. The average Bonchev–Trinajstić information content (AvgIpc) is 3.10. The number of methoxy groups -OCH3 is 2. The van der Waals surface area contributed by atoms with Crippen molar-refractivity contribution in [2.24, 2.45) is 25.9 Å². The third kappa shape index (κ3) is 12.5. The van der Waals surface area contributed by atoms with Crippen LogP contribution >= 0.6 is 0 Å². The van der Waals surface area contributed by atoms with Crippen LogP contribution in [-0.2, 0) is 9.53 Å². The number of carbonyl (C=O) groups is 1. The van der Waals surface area contributed by atoms with Gasteiger partial charge in [0, 0.05) is 24.4 Å². The fraction of sp³-hybridized carbons (Fsp3) is 0.500. The quantitative estimate of drug-likeness (QED) is 0.0653. The van der Waals surface area contributed by atoms with Crippen molar-refractivity contribution < 1.29 is 19.0 Å². The van der Waals surface area contributed by atoms with E-state index < -0.39 is 5.41 Å². The molecule has 0 amide bonds. The van der Waals surface area contributed by atoms with Crippen molar-refractivity contribution in [3.8, 4) is 11.5 Å². The van der Waals surface area contributed by atoms with Gasteiger partial charge in [0.05, 0.1) is 37.6 Å². The summed E-state index contributed by atoms with van der Waals surface area (Å²) in [5.74, 6) is 0.863. The summed E-state index contributed by atoms with van der Waals surface area (Å²) in [5.41, 5.74) is 3.06. The van der Waals surface area contributed by atoms with Crippen LogP contribution in [0.5, 0.6) is 11.5 Å². The fourth-order valence-electron chi connectivity index (χ4n) is 4.86. The smallest absolute Gasteiger partial charge is 0.311 e. The number of anilines is 1. The second-order valence-corrected chi connectivity index (χ2v) is 12.3. The first-order chi connectivity index (χ1) is 22.8. The SMILES string of the molecule is CCCCCCCCCCN(CCOC(=O)C(C)(C)CC)c1ccc(N=Nc2cc(OC)c(N=Nc3ccccc3)cc2OC)cc1. The van der Waals surface area contributed by atoms with Crippen LogP contribution in [0.15, 0.2) is 87.2 Å². The molecule has 47 heavy (non-hydrogen) atoms. The minimum atomic E-state index is -0.478. The molecule has 0 aliphatic rings. The third-order valence-electron chi connectivity index (χ3n) is 8.31. The van der Waals surface area contributed by atoms with Gasteiger partial charge >= 0.3 is 5.97 Å². The van der Waals surface area contributed by atoms with Crippen molar-refractivity contribution in [3.63, 3.8) is 0 Å². The van der Waals surface area contributed by atoms with Gasteiger partial charge in [0.2, 0.25) is 0 Å². The van der Waals surface area contributed by atoms with E-state index >= 15 is 0 Å². The number of carbonyl (C=O) groups excluding carboxylic acids is 1. The summed E-state index contributed by atoms with van der Waals surface area (Å²) in [6, 6.07) is 20.9. The molecule has 9 nitrogen and oxygen atoms in total. The molecule has 3 aromatic carbocycles. The third-order valence-corrected chi connectivity index (χ3v) is 8.31. The van der Waals surface area contributed by atoms with Gasteiger partial charge < -0.3 is 19.1 Å². The first-order valence-electron chi connectivity index (χ1n) is 17.0. The zero-order valence-corrected chi connectivity index (χ0v) is 29.2. The summed E-state index contributed by atoms with van der Waals surface area (Å²) in [7, 11) is 3.16. The maximum atomic E-state index is 12.6. The van der Waals surface area contributed by atoms with E-state index in [0.29, 0.717) is 41.7 Å². The molecule has 9 heteroatoms. The summed E-state index contributed by atoms with van der Waals surface area (Å²) < 4.78 is 16.8. The Hall–Kier alpha value is -4.27. The molecule has 254 valence electrons. The van der Waals surface area contributed by atoms with Gasteiger partial charge in [-0.1, -0.05) is 77.0 Å². The van der Waals surface area contributed by atoms with E-state index in [1.807, 2.05) is 75.4 Å². The summed E-state index contributed by atoms with van der Waals surface area (Å²) in [4.78, 5) is 14.9. The number of hydrogen-bond donors (Lipinski definition) is 0. The Balaban J connectivity index is 1.69. The van der Waals surface area contributed by atoms with Gasteiger partial charge in [-0.2, -0.15) is 10.2 Å². The van der Waals surface area contributed by atoms with Crippen LogP contribution < -0.4 is 14.4 Å². The Morgan fingerprint density at radius 3 is 1.74 bits per heavy atom. The lowest BCUT2D eigenvalue weighted by Crippen LogP contribution is -2.32. The summed E-state index contributed by atoms with van der Waals surface area (Å²) in [6.45, 7) is 10.00. The van der Waals surface area contributed by atoms with Crippen LogP contribution in [0.4, 0.5) is 28.4 Å². The molecular formula is C38H53N5O4. The van der Waals surface area contributed by atoms with Crippen LogP contribution in [0.25, 0.3) is 0 Å². The van der Waals surface area contributed by atoms with Crippen LogP contribution in [0.3, 0.4) is 0 Å². The minimum absolute atomic E-state index is 0.151. The highest BCUT2D eigenvalue weighted by molar-refractivity contribution is 5.75. The Morgan fingerprint density at radius 1 is 0.681 bits per heavy atom. The number of azo groups is 2. The molecule has 0 saturated heterocycles. The van der Waals surface area contributed by atoms with E-state index in [-0.39, 0.29) is 5.97 Å². The number of benzene rings is 3. The van der Waals surface area contributed by atoms with Crippen molar-refractivity contribution in [1.29, 1.82) is 0 Å². The van der Waals surface area contributed by atoms with Gasteiger partial charge in [-0.15, -0.1) is 10.2 Å². The highest BCUT2D eigenvalue weighted by Crippen LogP contribution is 2.41. The monoisotopic (exact) mass is 643 g/mol. The second-order valence-electron chi connectivity index (χ2n) is 12.3. The molecule has 0 N–H and O–H groups in total. The maximum absolute atomic E-state index is 12.6. The summed E-state index contributed by atoms with van der Waals surface area (Å²) in [5, 5.41) is 17.6. The van der Waals surface area contributed by atoms with E-state index in [1.54, 1.807) is 26.4 Å². The largest absolute Gasteiger partial charge is 0.494 e. The molecular weight excluding hydrogens is 590 g/mol. The topological polar surface area (TPSA) is 97.4 Å². The Labute approximate surface area is 281 Å². The fourth-order valence-corrected chi connectivity index (χ4v) is 4.86. The number of rotatable bonds is 21. The standard InChI is InChI=1S/C38H53N5O4/c1-7-9-10-11-12-13-14-18-25-43(26-27-47-37(44)38(3,4)8-2)32-23-21-31(22-24-32)40-42-34-29-35(45-5)33(28-36(34)46-6)41-39-30-19-16-15-17-20-30/h15-17,19-24,28-29H,7-14,18,25-27H2,1-6H3. The van der Waals surface area contributed by atoms with Gasteiger partial charge in [-0.3, -0.25) is 4.79 Å². The van der Waals surface area contributed by atoms with Gasteiger partial charge in [-0.05, 0) is 63.1 Å². The molecule has 3 rings (SSSR count). The lowest BCUT2D eigenvalue weighted by atomic mass is 9.91. The summed E-state index contributed by atoms with van der Waals surface area (Å²) >= 11 is 0. The number of esters is 1. The Bertz CT molecular complexity index is 1410. The normalized spacial score (nSPS) is 11.7. The van der Waals surface area contributed by atoms with Crippen molar-refractivity contribution >= 4 is 34.4 Å². The van der Waals surface area contributed by atoms with Crippen molar-refractivity contribution in [2.75, 3.05) is 38.8 Å². The van der Waals surface area contributed by atoms with Crippen LogP contribution in [0, 0.1) is 5.41 Å². The first-order valence-corrected chi connectivity index (χ1v) is 17.0. The van der Waals surface area contributed by atoms with Gasteiger partial charge in [0.25, 0.3) is 0 Å². The summed E-state index contributed by atoms with van der Waals surface area (Å²) in [6.07, 6.45) is 10.8. The highest BCUT2D eigenvalue weighted by Gasteiger charge is 2.27. The predicted molar refractivity (Wildman–Crippen MR) is 191 cm³/mol. The predicted octanol–water partition coefficient (Wildman–Crippen LogP) is 11.5. The lowest BCUT2D eigenvalue weighted by molar-refractivity contribution is -0.153. The number of nitrogens with zero attached hydrogens (tertiary/aromatic N) is 5. The molecule has 0 bridgehead atoms. The van der Waals surface area contributed by atoms with Crippen LogP contribution in [-0.4, -0.2) is 39.9 Å². The number of hydrogen-bond acceptors (Lipinski definition) is 9. The molecule has 3 aromatic rings. The minimum Gasteiger partial charge on any atom is -0.494 e. The number of unbranched alkanes of at least 4 members (excludes halogenated alkanes) is 7. The van der Waals surface area contributed by atoms with Crippen molar-refractivity contribution in [1.82, 2.24) is 0 Å². The van der Waals surface area contributed by atoms with E-state index in [9.17, 15) is 4.79 Å². The van der Waals surface area contributed by atoms with Gasteiger partial charge in [0.15, 0.2) is 0 Å². The first kappa shape index (κ1) is 37.2. The lowest BCUT2D eigenvalue weighted by Gasteiger charge is -2.26. The molecule has 0 heterocycles. The molecule has 0 radical (unpaired) electrons. The zero-order chi connectivity index (χ0) is 33.9. The molecule has 0 spiro atoms. The number of ether oxygens (including phenoxy) is 3. The maximum Gasteiger partial charge on any atom is 0.311 e. The van der Waals surface area contributed by atoms with Crippen LogP contribution in [0.1, 0.15) is 85.5 Å². The molecule has 0 aliphatic carbocycles. The van der Waals surface area contributed by atoms with E-state index in [0.717, 1.165) is 30.8 Å². The zero-order valence-electron chi connectivity index (χ0n) is 29.2. The molecule has 0 saturated carbocycles. The highest BCUT2D eigenvalue weighted by atomic mass is 16.5. The second kappa shape index (κ2) is 20.1. The average molecular weight is 644 g/mol. The molecule has 0 atom stereocenters. The van der Waals surface area contributed by atoms with Gasteiger partial charge in [-0.25, -0.2) is 0 Å². The van der Waals surface area contributed by atoms with E-state index in [4.69, 9.17) is 14.2 Å². The van der Waals surface area contributed by atoms with E-state index in [2.05, 4.69) is 32.3 Å². The molecule has 0 unspecified atom stereocenters. The Morgan fingerprint density at radius 2 is 1.21 bits per heavy atom. The molecule has 0 fully saturated rings.